The second-order valence-corrected chi connectivity index (χ2v) is 11.8. The summed E-state index contributed by atoms with van der Waals surface area (Å²) in [7, 11) is 2.10. The molecule has 44 heavy (non-hydrogen) atoms. The topological polar surface area (TPSA) is 128 Å². The van der Waals surface area contributed by atoms with Crippen molar-refractivity contribution in [2.45, 2.75) is 51.1 Å². The molecule has 1 aliphatic carbocycles. The first-order valence-corrected chi connectivity index (χ1v) is 15.1. The molecular weight excluding hydrogens is 556 g/mol. The Morgan fingerprint density at radius 3 is 2.68 bits per heavy atom. The lowest BCUT2D eigenvalue weighted by Gasteiger charge is -2.16. The van der Waals surface area contributed by atoms with Crippen LogP contribution in [0, 0.1) is 0 Å². The number of nitrogens with zero attached hydrogens (tertiary/aromatic N) is 5. The van der Waals surface area contributed by atoms with Crippen molar-refractivity contribution >= 4 is 34.5 Å². The summed E-state index contributed by atoms with van der Waals surface area (Å²) in [6.45, 7) is 6.26. The highest BCUT2D eigenvalue weighted by Gasteiger charge is 2.27. The number of aromatic amines is 1. The van der Waals surface area contributed by atoms with Crippen molar-refractivity contribution in [1.29, 1.82) is 0 Å². The molecule has 1 atom stereocenters. The zero-order valence-electron chi connectivity index (χ0n) is 25.3. The van der Waals surface area contributed by atoms with Crippen LogP contribution in [0.15, 0.2) is 67.0 Å². The Labute approximate surface area is 256 Å². The maximum atomic E-state index is 12.8. The molecule has 2 fully saturated rings. The number of rotatable bonds is 11. The van der Waals surface area contributed by atoms with Crippen LogP contribution < -0.4 is 15.4 Å². The highest BCUT2D eigenvalue weighted by molar-refractivity contribution is 6.03. The molecule has 1 saturated carbocycles. The fraction of sp³-hybridized carbons (Fsp3) is 0.364. The zero-order chi connectivity index (χ0) is 30.6. The summed E-state index contributed by atoms with van der Waals surface area (Å²) in [5, 5.41) is 14.5. The number of carbonyl (C=O) groups excluding carboxylic acids is 2. The highest BCUT2D eigenvalue weighted by atomic mass is 16.5. The Balaban J connectivity index is 1.08. The summed E-state index contributed by atoms with van der Waals surface area (Å²) in [5.41, 5.74) is 2.19. The molecule has 0 spiro atoms. The number of hydrogen-bond donors (Lipinski definition) is 3. The average Bonchev–Trinajstić information content (AvgIpc) is 3.64. The molecule has 0 radical (unpaired) electrons. The molecule has 2 amide bonds. The quantitative estimate of drug-likeness (QED) is 0.203. The molecule has 0 unspecified atom stereocenters. The van der Waals surface area contributed by atoms with Crippen molar-refractivity contribution in [2.75, 3.05) is 37.3 Å². The van der Waals surface area contributed by atoms with Crippen LogP contribution in [-0.4, -0.2) is 80.5 Å². The van der Waals surface area contributed by atoms with Crippen molar-refractivity contribution in [1.82, 2.24) is 30.0 Å². The number of aromatic nitrogens is 4. The Kier molecular flexibility index (Phi) is 8.56. The van der Waals surface area contributed by atoms with Gasteiger partial charge in [0.15, 0.2) is 11.5 Å². The molecule has 4 aromatic rings. The van der Waals surface area contributed by atoms with Gasteiger partial charge in [-0.15, -0.1) is 0 Å². The zero-order valence-corrected chi connectivity index (χ0v) is 25.3. The number of ether oxygens (including phenoxy) is 1. The van der Waals surface area contributed by atoms with Crippen LogP contribution in [0.4, 0.5) is 11.6 Å². The number of fused-ring (bicyclic) bond motifs is 1. The average molecular weight is 595 g/mol. The van der Waals surface area contributed by atoms with Gasteiger partial charge in [-0.25, -0.2) is 9.97 Å². The molecule has 3 aromatic heterocycles. The highest BCUT2D eigenvalue weighted by Crippen LogP contribution is 2.34. The van der Waals surface area contributed by atoms with E-state index in [2.05, 4.69) is 56.6 Å². The first-order valence-electron chi connectivity index (χ1n) is 15.1. The minimum atomic E-state index is -0.247. The summed E-state index contributed by atoms with van der Waals surface area (Å²) >= 11 is 0. The van der Waals surface area contributed by atoms with Crippen molar-refractivity contribution in [3.05, 3.63) is 78.1 Å². The lowest BCUT2D eigenvalue weighted by molar-refractivity contribution is -0.125. The fourth-order valence-corrected chi connectivity index (χ4v) is 5.34. The maximum absolute atomic E-state index is 12.8. The second kappa shape index (κ2) is 12.8. The van der Waals surface area contributed by atoms with Gasteiger partial charge in [-0.2, -0.15) is 5.10 Å². The van der Waals surface area contributed by atoms with E-state index in [1.807, 2.05) is 23.1 Å². The van der Waals surface area contributed by atoms with Crippen LogP contribution in [0.2, 0.25) is 0 Å². The van der Waals surface area contributed by atoms with Crippen LogP contribution in [0.25, 0.3) is 11.0 Å². The molecule has 2 aliphatic rings. The number of likely N-dealkylation sites (N-methyl/N-ethyl adjacent to an activating group) is 1. The molecule has 228 valence electrons. The van der Waals surface area contributed by atoms with Crippen molar-refractivity contribution in [3.63, 3.8) is 0 Å². The van der Waals surface area contributed by atoms with Crippen LogP contribution in [0.1, 0.15) is 54.9 Å². The summed E-state index contributed by atoms with van der Waals surface area (Å²) in [6, 6.07) is 13.3. The van der Waals surface area contributed by atoms with Crippen molar-refractivity contribution < 1.29 is 14.3 Å². The van der Waals surface area contributed by atoms with E-state index in [4.69, 9.17) is 4.74 Å². The molecular formula is C33H38N8O3. The SMILES string of the molecule is CC(C)c1ccnc(NC(=O)c2ccc(Oc3ccnc4[nH]nc(N[C@@H]5CCN(C(=O)C=CCN(C)C6CC6)C5)c34)cc2)c1. The molecule has 0 bridgehead atoms. The van der Waals surface area contributed by atoms with Crippen LogP contribution >= 0.6 is 0 Å². The number of anilines is 2. The summed E-state index contributed by atoms with van der Waals surface area (Å²) in [5.74, 6) is 2.41. The van der Waals surface area contributed by atoms with Gasteiger partial charge in [-0.05, 0) is 74.2 Å². The normalized spacial score (nSPS) is 16.8. The second-order valence-electron chi connectivity index (χ2n) is 11.8. The minimum absolute atomic E-state index is 0.0357. The van der Waals surface area contributed by atoms with Gasteiger partial charge in [0.05, 0.1) is 0 Å². The summed E-state index contributed by atoms with van der Waals surface area (Å²) < 4.78 is 6.23. The minimum Gasteiger partial charge on any atom is -0.456 e. The van der Waals surface area contributed by atoms with E-state index in [1.165, 1.54) is 12.8 Å². The Bertz CT molecular complexity index is 1660. The molecule has 11 heteroatoms. The number of carbonyl (C=O) groups is 2. The third-order valence-corrected chi connectivity index (χ3v) is 8.12. The number of amides is 2. The lowest BCUT2D eigenvalue weighted by Crippen LogP contribution is -2.30. The Morgan fingerprint density at radius 2 is 1.91 bits per heavy atom. The van der Waals surface area contributed by atoms with E-state index in [0.29, 0.717) is 59.4 Å². The van der Waals surface area contributed by atoms with E-state index in [9.17, 15) is 9.59 Å². The predicted molar refractivity (Wildman–Crippen MR) is 170 cm³/mol. The number of H-pyrrole nitrogens is 1. The predicted octanol–water partition coefficient (Wildman–Crippen LogP) is 5.18. The lowest BCUT2D eigenvalue weighted by atomic mass is 10.1. The maximum Gasteiger partial charge on any atom is 0.256 e. The number of pyridine rings is 2. The Hall–Kier alpha value is -4.77. The first kappa shape index (κ1) is 29.3. The third-order valence-electron chi connectivity index (χ3n) is 8.12. The molecule has 3 N–H and O–H groups in total. The number of benzene rings is 1. The van der Waals surface area contributed by atoms with Gasteiger partial charge in [0.1, 0.15) is 22.7 Å². The van der Waals surface area contributed by atoms with Crippen molar-refractivity contribution in [2.24, 2.45) is 0 Å². The first-order chi connectivity index (χ1) is 21.3. The van der Waals surface area contributed by atoms with Gasteiger partial charge in [0, 0.05) is 61.8 Å². The molecule has 1 saturated heterocycles. The fourth-order valence-electron chi connectivity index (χ4n) is 5.34. The van der Waals surface area contributed by atoms with Crippen LogP contribution in [0.5, 0.6) is 11.5 Å². The van der Waals surface area contributed by atoms with Gasteiger partial charge in [0.2, 0.25) is 5.91 Å². The van der Waals surface area contributed by atoms with Gasteiger partial charge in [0.25, 0.3) is 5.91 Å². The molecule has 1 aliphatic heterocycles. The Morgan fingerprint density at radius 1 is 1.11 bits per heavy atom. The van der Waals surface area contributed by atoms with E-state index < -0.39 is 0 Å². The van der Waals surface area contributed by atoms with Gasteiger partial charge >= 0.3 is 0 Å². The summed E-state index contributed by atoms with van der Waals surface area (Å²) in [6.07, 6.45) is 10.3. The van der Waals surface area contributed by atoms with Gasteiger partial charge in [-0.1, -0.05) is 19.9 Å². The molecule has 1 aromatic carbocycles. The standard InChI is InChI=1S/C33H38N8O3/c1-21(2)23-12-15-34-28(19-23)37-33(43)22-6-10-26(11-7-22)44-27-13-16-35-31-30(27)32(39-38-31)36-24-14-18-41(20-24)29(42)5-4-17-40(3)25-8-9-25/h4-7,10-13,15-16,19,21,24-25H,8-9,14,17-18,20H2,1-3H3,(H,34,37,43)(H2,35,36,38,39)/t24-/m1/s1. The molecule has 4 heterocycles. The smallest absolute Gasteiger partial charge is 0.256 e. The number of hydrogen-bond acceptors (Lipinski definition) is 8. The van der Waals surface area contributed by atoms with Gasteiger partial charge in [-0.3, -0.25) is 19.6 Å². The number of nitrogens with one attached hydrogen (secondary N) is 3. The van der Waals surface area contributed by atoms with Crippen molar-refractivity contribution in [3.8, 4) is 11.5 Å². The molecule has 6 rings (SSSR count). The largest absolute Gasteiger partial charge is 0.456 e. The molecule has 11 nitrogen and oxygen atoms in total. The monoisotopic (exact) mass is 594 g/mol. The van der Waals surface area contributed by atoms with E-state index in [-0.39, 0.29) is 17.9 Å². The van der Waals surface area contributed by atoms with E-state index >= 15 is 0 Å². The van der Waals surface area contributed by atoms with E-state index in [0.717, 1.165) is 23.9 Å². The van der Waals surface area contributed by atoms with E-state index in [1.54, 1.807) is 48.8 Å². The number of likely N-dealkylation sites (tertiary alicyclic amines) is 1. The van der Waals surface area contributed by atoms with Crippen LogP contribution in [0.3, 0.4) is 0 Å². The third kappa shape index (κ3) is 6.89. The van der Waals surface area contributed by atoms with Crippen LogP contribution in [-0.2, 0) is 4.79 Å². The van der Waals surface area contributed by atoms with Gasteiger partial charge < -0.3 is 20.3 Å². The summed E-state index contributed by atoms with van der Waals surface area (Å²) in [4.78, 5) is 38.4.